The van der Waals surface area contributed by atoms with Gasteiger partial charge in [0.25, 0.3) is 0 Å². The van der Waals surface area contributed by atoms with Gasteiger partial charge in [-0.15, -0.1) is 0 Å². The second kappa shape index (κ2) is 66.6. The van der Waals surface area contributed by atoms with Gasteiger partial charge >= 0.3 is 39.5 Å². The monoisotopic (exact) mass is 1400 g/mol. The van der Waals surface area contributed by atoms with Gasteiger partial charge in [-0.2, -0.15) is 0 Å². The lowest BCUT2D eigenvalue weighted by Gasteiger charge is -2.21. The number of hydrogen-bond donors (Lipinski definition) is 3. The highest BCUT2D eigenvalue weighted by molar-refractivity contribution is 7.47. The minimum absolute atomic E-state index is 0.104. The molecule has 0 bridgehead atoms. The number of unbranched alkanes of at least 4 members (excludes halogenated alkanes) is 41. The molecule has 0 aromatic heterocycles. The first kappa shape index (κ1) is 93.1. The smallest absolute Gasteiger partial charge is 0.462 e. The molecular weight excluding hydrogens is 1250 g/mol. The number of rotatable bonds is 74. The summed E-state index contributed by atoms with van der Waals surface area (Å²) in [7, 11) is -9.91. The van der Waals surface area contributed by atoms with Crippen LogP contribution >= 0.6 is 15.6 Å². The van der Waals surface area contributed by atoms with Gasteiger partial charge in [0.2, 0.25) is 0 Å². The molecule has 0 aromatic rings. The average Bonchev–Trinajstić information content (AvgIpc) is 1.52. The van der Waals surface area contributed by atoms with Gasteiger partial charge in [-0.1, -0.05) is 337 Å². The first-order valence-corrected chi connectivity index (χ1v) is 42.4. The SMILES string of the molecule is CCCCCCCCCCCCCCCCCC(=O)OC[C@H](COP(=O)(O)OC[C@@H](O)COP(=O)(O)OC[C@@H](COC(=O)CCCCCCCCCC(C)C)OC(=O)CCCCCCCCCCCC(C)C)OC(=O)CCCCCCCCCCCCCCCCC(C)CC. The van der Waals surface area contributed by atoms with Crippen molar-refractivity contribution in [1.82, 2.24) is 0 Å². The number of aliphatic hydroxyl groups is 1. The fourth-order valence-corrected chi connectivity index (χ4v) is 13.1. The van der Waals surface area contributed by atoms with Crippen LogP contribution in [-0.4, -0.2) is 96.7 Å². The molecule has 0 saturated heterocycles. The number of carbonyl (C=O) groups excluding carboxylic acids is 4. The number of ether oxygens (including phenoxy) is 4. The van der Waals surface area contributed by atoms with E-state index in [1.807, 2.05) is 0 Å². The fourth-order valence-electron chi connectivity index (χ4n) is 11.6. The van der Waals surface area contributed by atoms with Crippen molar-refractivity contribution >= 4 is 39.5 Å². The van der Waals surface area contributed by atoms with Crippen molar-refractivity contribution in [3.8, 4) is 0 Å². The lowest BCUT2D eigenvalue weighted by molar-refractivity contribution is -0.161. The molecule has 0 spiro atoms. The molecule has 0 rings (SSSR count). The van der Waals surface area contributed by atoms with Gasteiger partial charge in [0.1, 0.15) is 19.3 Å². The van der Waals surface area contributed by atoms with E-state index in [0.717, 1.165) is 108 Å². The van der Waals surface area contributed by atoms with Gasteiger partial charge in [0, 0.05) is 25.7 Å². The first-order valence-electron chi connectivity index (χ1n) is 39.4. The predicted molar refractivity (Wildman–Crippen MR) is 386 cm³/mol. The van der Waals surface area contributed by atoms with Gasteiger partial charge in [-0.3, -0.25) is 37.3 Å². The van der Waals surface area contributed by atoms with E-state index in [4.69, 9.17) is 37.0 Å². The second-order valence-electron chi connectivity index (χ2n) is 28.6. The summed E-state index contributed by atoms with van der Waals surface area (Å²) in [6.45, 7) is 11.9. The molecule has 0 radical (unpaired) electrons. The number of aliphatic hydroxyl groups excluding tert-OH is 1. The molecule has 19 heteroatoms. The molecule has 95 heavy (non-hydrogen) atoms. The minimum Gasteiger partial charge on any atom is -0.462 e. The Morgan fingerprint density at radius 3 is 0.800 bits per heavy atom. The maximum Gasteiger partial charge on any atom is 0.472 e. The molecule has 0 saturated carbocycles. The highest BCUT2D eigenvalue weighted by Gasteiger charge is 2.30. The highest BCUT2D eigenvalue weighted by atomic mass is 31.2. The lowest BCUT2D eigenvalue weighted by Crippen LogP contribution is -2.30. The molecule has 564 valence electrons. The number of phosphoric ester groups is 2. The number of esters is 4. The van der Waals surface area contributed by atoms with Crippen LogP contribution in [0.1, 0.15) is 389 Å². The van der Waals surface area contributed by atoms with Gasteiger partial charge in [0.05, 0.1) is 26.4 Å². The molecule has 0 fully saturated rings. The Bertz CT molecular complexity index is 1850. The molecule has 3 unspecified atom stereocenters. The van der Waals surface area contributed by atoms with Gasteiger partial charge in [0.15, 0.2) is 12.2 Å². The predicted octanol–water partition coefficient (Wildman–Crippen LogP) is 22.2. The van der Waals surface area contributed by atoms with Crippen LogP contribution in [0.5, 0.6) is 0 Å². The van der Waals surface area contributed by atoms with Crippen LogP contribution in [0.2, 0.25) is 0 Å². The van der Waals surface area contributed by atoms with Crippen molar-refractivity contribution in [2.24, 2.45) is 17.8 Å². The van der Waals surface area contributed by atoms with Crippen LogP contribution in [0.15, 0.2) is 0 Å². The summed E-state index contributed by atoms with van der Waals surface area (Å²) in [4.78, 5) is 72.8. The largest absolute Gasteiger partial charge is 0.472 e. The normalized spacial score (nSPS) is 14.4. The van der Waals surface area contributed by atoms with E-state index < -0.39 is 97.5 Å². The average molecular weight is 1400 g/mol. The first-order chi connectivity index (χ1) is 45.8. The Morgan fingerprint density at radius 2 is 0.537 bits per heavy atom. The van der Waals surface area contributed by atoms with Crippen molar-refractivity contribution in [3.63, 3.8) is 0 Å². The van der Waals surface area contributed by atoms with Crippen LogP contribution in [0, 0.1) is 17.8 Å². The lowest BCUT2D eigenvalue weighted by atomic mass is 9.99. The Kier molecular flexibility index (Phi) is 65.2. The van der Waals surface area contributed by atoms with Gasteiger partial charge < -0.3 is 33.8 Å². The van der Waals surface area contributed by atoms with Crippen molar-refractivity contribution in [3.05, 3.63) is 0 Å². The van der Waals surface area contributed by atoms with E-state index in [2.05, 4.69) is 48.5 Å². The van der Waals surface area contributed by atoms with Crippen molar-refractivity contribution in [2.45, 2.75) is 407 Å². The Hall–Kier alpha value is -1.94. The summed E-state index contributed by atoms with van der Waals surface area (Å²) in [5, 5.41) is 10.6. The van der Waals surface area contributed by atoms with Crippen LogP contribution in [0.3, 0.4) is 0 Å². The Balaban J connectivity index is 5.25. The summed E-state index contributed by atoms with van der Waals surface area (Å²) in [5.41, 5.74) is 0. The van der Waals surface area contributed by atoms with Crippen molar-refractivity contribution in [1.29, 1.82) is 0 Å². The number of hydrogen-bond acceptors (Lipinski definition) is 15. The zero-order chi connectivity index (χ0) is 70.1. The van der Waals surface area contributed by atoms with E-state index in [-0.39, 0.29) is 25.7 Å². The summed E-state index contributed by atoms with van der Waals surface area (Å²) >= 11 is 0. The van der Waals surface area contributed by atoms with E-state index in [0.29, 0.717) is 31.6 Å². The molecule has 0 aliphatic carbocycles. The molecule has 0 amide bonds. The molecule has 6 atom stereocenters. The quantitative estimate of drug-likeness (QED) is 0.0222. The van der Waals surface area contributed by atoms with Crippen molar-refractivity contribution < 1.29 is 80.2 Å². The Morgan fingerprint density at radius 1 is 0.305 bits per heavy atom. The van der Waals surface area contributed by atoms with E-state index in [1.165, 1.54) is 193 Å². The molecule has 0 heterocycles. The topological polar surface area (TPSA) is 237 Å². The molecular formula is C76H148O17P2. The third-order valence-electron chi connectivity index (χ3n) is 18.0. The molecule has 0 aromatic carbocycles. The highest BCUT2D eigenvalue weighted by Crippen LogP contribution is 2.45. The number of phosphoric acid groups is 2. The molecule has 0 aliphatic rings. The fraction of sp³-hybridized carbons (Fsp3) is 0.947. The van der Waals surface area contributed by atoms with Gasteiger partial charge in [-0.05, 0) is 43.4 Å². The van der Waals surface area contributed by atoms with Crippen LogP contribution in [0.4, 0.5) is 0 Å². The van der Waals surface area contributed by atoms with Crippen molar-refractivity contribution in [2.75, 3.05) is 39.6 Å². The van der Waals surface area contributed by atoms with Crippen LogP contribution in [0.25, 0.3) is 0 Å². The van der Waals surface area contributed by atoms with Gasteiger partial charge in [-0.25, -0.2) is 9.13 Å². The zero-order valence-electron chi connectivity index (χ0n) is 62.1. The van der Waals surface area contributed by atoms with Crippen LogP contribution < -0.4 is 0 Å². The molecule has 0 aliphatic heterocycles. The Labute approximate surface area is 581 Å². The summed E-state index contributed by atoms with van der Waals surface area (Å²) in [5.74, 6) is 0.169. The number of carbonyl (C=O) groups is 4. The molecule has 17 nitrogen and oxygen atoms in total. The summed E-state index contributed by atoms with van der Waals surface area (Å²) < 4.78 is 68.5. The van der Waals surface area contributed by atoms with Crippen LogP contribution in [-0.2, 0) is 65.4 Å². The maximum absolute atomic E-state index is 13.1. The summed E-state index contributed by atoms with van der Waals surface area (Å²) in [6, 6.07) is 0. The zero-order valence-corrected chi connectivity index (χ0v) is 63.9. The molecule has 3 N–H and O–H groups in total. The third kappa shape index (κ3) is 69.0. The minimum atomic E-state index is -4.96. The second-order valence-corrected chi connectivity index (χ2v) is 31.5. The van der Waals surface area contributed by atoms with E-state index in [1.54, 1.807) is 0 Å². The maximum atomic E-state index is 13.1. The van der Waals surface area contributed by atoms with E-state index >= 15 is 0 Å². The third-order valence-corrected chi connectivity index (χ3v) is 19.9. The van der Waals surface area contributed by atoms with E-state index in [9.17, 15) is 43.2 Å². The summed E-state index contributed by atoms with van der Waals surface area (Å²) in [6.07, 6.45) is 52.7. The standard InChI is InChI=1S/C76H148O17P2/c1-8-10-11-12-13-14-15-16-17-21-24-29-36-43-50-57-73(78)86-63-71(92-75(80)59-52-45-37-30-25-22-19-18-20-23-28-35-42-49-56-69(7)9-2)65-90-94(82,83)88-61-70(77)62-89-95(84,85)91-66-72(64-87-74(79)58-51-44-39-32-34-41-48-55-68(5)6)93-76(81)60-53-46-38-31-26-27-33-40-47-54-67(3)4/h67-72,77H,8-66H2,1-7H3,(H,82,83)(H,84,85)/t69?,70-,71-,72-/m1/s1.